The summed E-state index contributed by atoms with van der Waals surface area (Å²) in [5.74, 6) is 0.781. The average Bonchev–Trinajstić information content (AvgIpc) is 3.11. The minimum atomic E-state index is -0.213. The SMILES string of the molecule is Cc1ccccc1[C@@H](CNC(=O)Nc1cnns1)N1CCC(C)CC1. The molecule has 0 saturated carbocycles. The van der Waals surface area contributed by atoms with Gasteiger partial charge >= 0.3 is 6.03 Å². The summed E-state index contributed by atoms with van der Waals surface area (Å²) in [6.07, 6.45) is 3.97. The van der Waals surface area contributed by atoms with Crippen LogP contribution in [-0.2, 0) is 0 Å². The van der Waals surface area contributed by atoms with Gasteiger partial charge in [0, 0.05) is 18.1 Å². The maximum Gasteiger partial charge on any atom is 0.319 e. The molecule has 0 spiro atoms. The van der Waals surface area contributed by atoms with Crippen LogP contribution in [0.4, 0.5) is 9.80 Å². The number of hydrogen-bond donors (Lipinski definition) is 2. The number of hydrogen-bond acceptors (Lipinski definition) is 5. The molecule has 1 aromatic heterocycles. The number of urea groups is 1. The van der Waals surface area contributed by atoms with Crippen molar-refractivity contribution in [3.05, 3.63) is 41.6 Å². The van der Waals surface area contributed by atoms with Crippen molar-refractivity contribution in [3.8, 4) is 0 Å². The number of piperidine rings is 1. The molecule has 1 aromatic carbocycles. The lowest BCUT2D eigenvalue weighted by atomic mass is 9.94. The van der Waals surface area contributed by atoms with Crippen LogP contribution < -0.4 is 10.6 Å². The van der Waals surface area contributed by atoms with Gasteiger partial charge in [-0.2, -0.15) is 0 Å². The van der Waals surface area contributed by atoms with Crippen LogP contribution in [0.5, 0.6) is 0 Å². The molecule has 7 heteroatoms. The van der Waals surface area contributed by atoms with Gasteiger partial charge < -0.3 is 5.32 Å². The molecule has 2 heterocycles. The molecule has 1 aliphatic rings. The minimum Gasteiger partial charge on any atom is -0.336 e. The van der Waals surface area contributed by atoms with E-state index < -0.39 is 0 Å². The Morgan fingerprint density at radius 2 is 2.12 bits per heavy atom. The van der Waals surface area contributed by atoms with Gasteiger partial charge in [-0.1, -0.05) is 35.7 Å². The number of nitrogens with zero attached hydrogens (tertiary/aromatic N) is 3. The number of carbonyl (C=O) groups is 1. The zero-order valence-electron chi connectivity index (χ0n) is 14.7. The molecule has 25 heavy (non-hydrogen) atoms. The molecule has 0 bridgehead atoms. The summed E-state index contributed by atoms with van der Waals surface area (Å²) in [6, 6.07) is 8.42. The Morgan fingerprint density at radius 1 is 1.36 bits per heavy atom. The first-order valence-corrected chi connectivity index (χ1v) is 9.52. The number of rotatable bonds is 5. The van der Waals surface area contributed by atoms with Crippen LogP contribution in [0.3, 0.4) is 0 Å². The summed E-state index contributed by atoms with van der Waals surface area (Å²) in [5, 5.41) is 10.2. The smallest absolute Gasteiger partial charge is 0.319 e. The highest BCUT2D eigenvalue weighted by Gasteiger charge is 2.26. The van der Waals surface area contributed by atoms with Crippen molar-refractivity contribution < 1.29 is 4.79 Å². The van der Waals surface area contributed by atoms with Crippen molar-refractivity contribution in [2.75, 3.05) is 25.0 Å². The van der Waals surface area contributed by atoms with Crippen LogP contribution in [0, 0.1) is 12.8 Å². The molecule has 0 aliphatic carbocycles. The number of aromatic nitrogens is 2. The molecule has 0 unspecified atom stereocenters. The number of carbonyl (C=O) groups excluding carboxylic acids is 1. The van der Waals surface area contributed by atoms with Gasteiger partial charge in [-0.25, -0.2) is 4.79 Å². The van der Waals surface area contributed by atoms with Gasteiger partial charge in [0.1, 0.15) is 5.00 Å². The third kappa shape index (κ3) is 4.76. The van der Waals surface area contributed by atoms with Crippen molar-refractivity contribution in [1.82, 2.24) is 19.8 Å². The van der Waals surface area contributed by atoms with Gasteiger partial charge in [0.15, 0.2) is 0 Å². The van der Waals surface area contributed by atoms with Crippen molar-refractivity contribution in [1.29, 1.82) is 0 Å². The highest BCUT2D eigenvalue weighted by molar-refractivity contribution is 7.10. The van der Waals surface area contributed by atoms with Crippen LogP contribution in [0.15, 0.2) is 30.5 Å². The fraction of sp³-hybridized carbons (Fsp3) is 0.500. The van der Waals surface area contributed by atoms with Gasteiger partial charge in [-0.05, 0) is 49.9 Å². The first kappa shape index (κ1) is 17.8. The number of anilines is 1. The quantitative estimate of drug-likeness (QED) is 0.858. The lowest BCUT2D eigenvalue weighted by Gasteiger charge is -2.37. The van der Waals surface area contributed by atoms with E-state index in [0.717, 1.165) is 19.0 Å². The molecule has 6 nitrogen and oxygen atoms in total. The third-order valence-electron chi connectivity index (χ3n) is 4.86. The first-order valence-electron chi connectivity index (χ1n) is 8.75. The Hall–Kier alpha value is -1.99. The molecule has 3 rings (SSSR count). The number of benzene rings is 1. The van der Waals surface area contributed by atoms with Crippen LogP contribution in [0.1, 0.15) is 36.9 Å². The maximum atomic E-state index is 12.2. The maximum absolute atomic E-state index is 12.2. The first-order chi connectivity index (χ1) is 12.1. The van der Waals surface area contributed by atoms with Crippen molar-refractivity contribution in [3.63, 3.8) is 0 Å². The Kier molecular flexibility index (Phi) is 5.99. The van der Waals surface area contributed by atoms with Crippen LogP contribution >= 0.6 is 11.5 Å². The normalized spacial score (nSPS) is 17.2. The lowest BCUT2D eigenvalue weighted by Crippen LogP contribution is -2.43. The zero-order chi connectivity index (χ0) is 17.6. The van der Waals surface area contributed by atoms with Gasteiger partial charge in [-0.15, -0.1) is 5.10 Å². The predicted octanol–water partition coefficient (Wildman–Crippen LogP) is 3.44. The molecule has 1 fully saturated rings. The van der Waals surface area contributed by atoms with E-state index in [4.69, 9.17) is 0 Å². The summed E-state index contributed by atoms with van der Waals surface area (Å²) in [4.78, 5) is 14.7. The zero-order valence-corrected chi connectivity index (χ0v) is 15.6. The van der Waals surface area contributed by atoms with E-state index in [2.05, 4.69) is 63.2 Å². The van der Waals surface area contributed by atoms with E-state index in [9.17, 15) is 4.79 Å². The van der Waals surface area contributed by atoms with E-state index >= 15 is 0 Å². The fourth-order valence-electron chi connectivity index (χ4n) is 3.30. The second-order valence-corrected chi connectivity index (χ2v) is 7.49. The molecule has 0 radical (unpaired) electrons. The van der Waals surface area contributed by atoms with Crippen molar-refractivity contribution in [2.24, 2.45) is 5.92 Å². The monoisotopic (exact) mass is 359 g/mol. The number of likely N-dealkylation sites (tertiary alicyclic amines) is 1. The number of amides is 2. The standard InChI is InChI=1S/C18H25N5OS/c1-13-7-9-23(10-8-13)16(15-6-4-3-5-14(15)2)11-19-18(24)21-17-12-20-22-25-17/h3-6,12-13,16H,7-11H2,1-2H3,(H2,19,21,24)/t16-/m1/s1. The predicted molar refractivity (Wildman–Crippen MR) is 101 cm³/mol. The van der Waals surface area contributed by atoms with Crippen LogP contribution in [0.25, 0.3) is 0 Å². The molecule has 2 aromatic rings. The molecule has 1 saturated heterocycles. The van der Waals surface area contributed by atoms with E-state index in [1.54, 1.807) is 6.20 Å². The molecule has 2 N–H and O–H groups in total. The molecular weight excluding hydrogens is 334 g/mol. The van der Waals surface area contributed by atoms with Crippen molar-refractivity contribution >= 4 is 22.6 Å². The third-order valence-corrected chi connectivity index (χ3v) is 5.44. The Labute approximate surface area is 152 Å². The van der Waals surface area contributed by atoms with E-state index in [1.807, 2.05) is 0 Å². The molecule has 134 valence electrons. The van der Waals surface area contributed by atoms with Gasteiger partial charge in [0.25, 0.3) is 0 Å². The van der Waals surface area contributed by atoms with Crippen molar-refractivity contribution in [2.45, 2.75) is 32.7 Å². The highest BCUT2D eigenvalue weighted by atomic mass is 32.1. The molecular formula is C18H25N5OS. The summed E-state index contributed by atoms with van der Waals surface area (Å²) in [7, 11) is 0. The molecule has 1 aliphatic heterocycles. The summed E-state index contributed by atoms with van der Waals surface area (Å²) < 4.78 is 3.75. The second kappa shape index (κ2) is 8.40. The average molecular weight is 359 g/mol. The van der Waals surface area contributed by atoms with Gasteiger partial charge in [-0.3, -0.25) is 10.2 Å². The largest absolute Gasteiger partial charge is 0.336 e. The van der Waals surface area contributed by atoms with E-state index in [0.29, 0.717) is 11.5 Å². The second-order valence-electron chi connectivity index (χ2n) is 6.71. The molecule has 1 atom stereocenters. The summed E-state index contributed by atoms with van der Waals surface area (Å²) in [6.45, 7) is 7.18. The van der Waals surface area contributed by atoms with Gasteiger partial charge in [0.2, 0.25) is 0 Å². The Balaban J connectivity index is 1.68. The van der Waals surface area contributed by atoms with E-state index in [-0.39, 0.29) is 12.1 Å². The summed E-state index contributed by atoms with van der Waals surface area (Å²) >= 11 is 1.17. The van der Waals surface area contributed by atoms with Crippen LogP contribution in [-0.4, -0.2) is 40.2 Å². The van der Waals surface area contributed by atoms with Gasteiger partial charge in [0.05, 0.1) is 12.2 Å². The highest BCUT2D eigenvalue weighted by Crippen LogP contribution is 2.28. The Bertz CT molecular complexity index is 683. The number of nitrogens with one attached hydrogen (secondary N) is 2. The van der Waals surface area contributed by atoms with Crippen LogP contribution in [0.2, 0.25) is 0 Å². The lowest BCUT2D eigenvalue weighted by molar-refractivity contribution is 0.136. The van der Waals surface area contributed by atoms with E-state index in [1.165, 1.54) is 35.5 Å². The molecule has 2 amide bonds. The Morgan fingerprint density at radius 3 is 2.80 bits per heavy atom. The fourth-order valence-corrected chi connectivity index (χ4v) is 3.72. The topological polar surface area (TPSA) is 70.1 Å². The summed E-state index contributed by atoms with van der Waals surface area (Å²) in [5.41, 5.74) is 2.55. The number of aryl methyl sites for hydroxylation is 1. The minimum absolute atomic E-state index is 0.194.